The van der Waals surface area contributed by atoms with Crippen LogP contribution >= 0.6 is 0 Å². The first-order chi connectivity index (χ1) is 21.6. The van der Waals surface area contributed by atoms with Gasteiger partial charge >= 0.3 is 12.0 Å². The van der Waals surface area contributed by atoms with E-state index in [4.69, 9.17) is 23.7 Å². The lowest BCUT2D eigenvalue weighted by Crippen LogP contribution is -2.43. The Bertz CT molecular complexity index is 1370. The molecule has 3 atom stereocenters. The van der Waals surface area contributed by atoms with E-state index in [1.165, 1.54) is 7.11 Å². The molecule has 2 fully saturated rings. The first-order valence-corrected chi connectivity index (χ1v) is 15.7. The molecule has 0 radical (unpaired) electrons. The van der Waals surface area contributed by atoms with Gasteiger partial charge in [0.1, 0.15) is 24.0 Å². The van der Waals surface area contributed by atoms with Gasteiger partial charge in [-0.05, 0) is 83.1 Å². The molecule has 3 heterocycles. The van der Waals surface area contributed by atoms with Crippen molar-refractivity contribution in [3.05, 3.63) is 30.3 Å². The van der Waals surface area contributed by atoms with Gasteiger partial charge in [0.2, 0.25) is 11.8 Å². The number of hydrogen-bond donors (Lipinski definition) is 3. The lowest BCUT2D eigenvalue weighted by Gasteiger charge is -2.29. The van der Waals surface area contributed by atoms with Crippen LogP contribution in [0.1, 0.15) is 59.3 Å². The molecule has 1 aromatic heterocycles. The minimum absolute atomic E-state index is 0.00746. The zero-order chi connectivity index (χ0) is 32.0. The minimum atomic E-state index is -0.511. The normalized spacial score (nSPS) is 21.5. The molecule has 1 saturated carbocycles. The Morgan fingerprint density at radius 1 is 1.04 bits per heavy atom. The molecule has 2 aliphatic heterocycles. The molecule has 3 N–H and O–H groups in total. The van der Waals surface area contributed by atoms with Crippen molar-refractivity contribution in [2.24, 2.45) is 11.8 Å². The third kappa shape index (κ3) is 8.78. The molecule has 5 rings (SSSR count). The lowest BCUT2D eigenvalue weighted by atomic mass is 9.99. The Morgan fingerprint density at radius 3 is 2.60 bits per heavy atom. The van der Waals surface area contributed by atoms with Gasteiger partial charge in [-0.25, -0.2) is 9.78 Å². The molecule has 3 amide bonds. The number of rotatable bonds is 9. The van der Waals surface area contributed by atoms with E-state index in [0.717, 1.165) is 25.7 Å². The van der Waals surface area contributed by atoms with Crippen molar-refractivity contribution in [2.75, 3.05) is 38.8 Å². The average Bonchev–Trinajstić information content (AvgIpc) is 3.45. The number of amides is 3. The predicted octanol–water partition coefficient (Wildman–Crippen LogP) is 4.46. The number of pyridine rings is 1. The number of carbonyl (C=O) groups is 3. The number of anilines is 1. The molecule has 1 aliphatic carbocycles. The van der Waals surface area contributed by atoms with E-state index >= 15 is 0 Å². The largest absolute Gasteiger partial charge is 0.486 e. The van der Waals surface area contributed by atoms with Crippen LogP contribution in [0.2, 0.25) is 0 Å². The molecule has 0 bridgehead atoms. The number of ether oxygens (including phenoxy) is 5. The highest BCUT2D eigenvalue weighted by Gasteiger charge is 2.30. The Hall–Kier alpha value is -4.06. The zero-order valence-electron chi connectivity index (χ0n) is 26.5. The summed E-state index contributed by atoms with van der Waals surface area (Å²) in [5.41, 5.74) is 1.18. The van der Waals surface area contributed by atoms with Crippen LogP contribution in [-0.2, 0) is 19.1 Å². The van der Waals surface area contributed by atoms with E-state index < -0.39 is 5.60 Å². The summed E-state index contributed by atoms with van der Waals surface area (Å²) >= 11 is 0. The highest BCUT2D eigenvalue weighted by Crippen LogP contribution is 2.41. The Morgan fingerprint density at radius 2 is 1.84 bits per heavy atom. The predicted molar refractivity (Wildman–Crippen MR) is 166 cm³/mol. The number of carbonyl (C=O) groups excluding carboxylic acids is 3. The molecule has 2 aromatic rings. The lowest BCUT2D eigenvalue weighted by molar-refractivity contribution is -0.155. The smallest absolute Gasteiger partial charge is 0.319 e. The second-order valence-electron chi connectivity index (χ2n) is 12.8. The second kappa shape index (κ2) is 14.4. The van der Waals surface area contributed by atoms with Crippen LogP contribution in [0.3, 0.4) is 0 Å². The van der Waals surface area contributed by atoms with Gasteiger partial charge in [0.15, 0.2) is 11.5 Å². The fourth-order valence-corrected chi connectivity index (χ4v) is 5.95. The molecule has 45 heavy (non-hydrogen) atoms. The number of fused-ring (bicyclic) bond motifs is 1. The number of nitrogens with one attached hydrogen (secondary N) is 3. The van der Waals surface area contributed by atoms with E-state index in [2.05, 4.69) is 20.9 Å². The van der Waals surface area contributed by atoms with E-state index in [1.807, 2.05) is 39.0 Å². The van der Waals surface area contributed by atoms with Crippen LogP contribution in [0.4, 0.5) is 10.5 Å². The van der Waals surface area contributed by atoms with Crippen molar-refractivity contribution >= 4 is 23.6 Å². The van der Waals surface area contributed by atoms with Crippen LogP contribution < -0.4 is 30.2 Å². The Balaban J connectivity index is 1.18. The summed E-state index contributed by atoms with van der Waals surface area (Å²) in [4.78, 5) is 42.4. The average molecular weight is 625 g/mol. The van der Waals surface area contributed by atoms with Crippen molar-refractivity contribution < 1.29 is 38.1 Å². The van der Waals surface area contributed by atoms with Crippen molar-refractivity contribution in [1.82, 2.24) is 15.6 Å². The maximum Gasteiger partial charge on any atom is 0.319 e. The summed E-state index contributed by atoms with van der Waals surface area (Å²) in [6.45, 7) is 7.40. The molecule has 1 unspecified atom stereocenters. The van der Waals surface area contributed by atoms with Crippen LogP contribution in [-0.4, -0.2) is 74.1 Å². The number of esters is 1. The number of hydrogen-bond acceptors (Lipinski definition) is 9. The molecule has 12 nitrogen and oxygen atoms in total. The van der Waals surface area contributed by atoms with Gasteiger partial charge in [-0.1, -0.05) is 6.07 Å². The maximum atomic E-state index is 12.9. The third-order valence-electron chi connectivity index (χ3n) is 8.11. The van der Waals surface area contributed by atoms with Crippen molar-refractivity contribution in [3.8, 4) is 28.6 Å². The topological polar surface area (TPSA) is 146 Å². The maximum absolute atomic E-state index is 12.9. The summed E-state index contributed by atoms with van der Waals surface area (Å²) in [7, 11) is 1.49. The standard InChI is InChI=1S/C33H44N4O8/c1-33(2,3)45-28(38)17-20-8-9-22(16-20)35-32(40)37-26-11-10-25(36-31(26)41-4)24-6-5-7-27-29(24)44-23(19-43-27)18-34-30(39)21-12-14-42-15-13-21/h5-7,10-11,20-23H,8-9,12-19H2,1-4H3,(H,34,39)(H2,35,37,40)/t20-,22+,23?/m1/s1. The summed E-state index contributed by atoms with van der Waals surface area (Å²) in [6.07, 6.45) is 3.77. The molecule has 0 spiro atoms. The van der Waals surface area contributed by atoms with E-state index in [9.17, 15) is 14.4 Å². The number of benzene rings is 1. The zero-order valence-corrected chi connectivity index (χ0v) is 26.5. The SMILES string of the molecule is COc1nc(-c2cccc3c2OC(CNC(=O)C2CCOCC2)CO3)ccc1NC(=O)N[C@H]1CC[C@@H](CC(=O)OC(C)(C)C)C1. The van der Waals surface area contributed by atoms with Gasteiger partial charge in [0.05, 0.1) is 19.3 Å². The molecule has 244 valence electrons. The van der Waals surface area contributed by atoms with Gasteiger partial charge in [0, 0.05) is 37.2 Å². The number of para-hydroxylation sites is 1. The van der Waals surface area contributed by atoms with Crippen LogP contribution in [0.15, 0.2) is 30.3 Å². The molecule has 12 heteroatoms. The first-order valence-electron chi connectivity index (χ1n) is 15.7. The van der Waals surface area contributed by atoms with Gasteiger partial charge in [-0.2, -0.15) is 0 Å². The van der Waals surface area contributed by atoms with Crippen molar-refractivity contribution in [3.63, 3.8) is 0 Å². The van der Waals surface area contributed by atoms with Crippen LogP contribution in [0, 0.1) is 11.8 Å². The quantitative estimate of drug-likeness (QED) is 0.344. The molecular weight excluding hydrogens is 580 g/mol. The van der Waals surface area contributed by atoms with Gasteiger partial charge in [0.25, 0.3) is 0 Å². The highest BCUT2D eigenvalue weighted by molar-refractivity contribution is 5.91. The highest BCUT2D eigenvalue weighted by atomic mass is 16.6. The number of nitrogens with zero attached hydrogens (tertiary/aromatic N) is 1. The fraction of sp³-hybridized carbons (Fsp3) is 0.576. The Labute approximate surface area is 263 Å². The molecular formula is C33H44N4O8. The van der Waals surface area contributed by atoms with Crippen LogP contribution in [0.5, 0.6) is 17.4 Å². The summed E-state index contributed by atoms with van der Waals surface area (Å²) in [5, 5.41) is 8.85. The monoisotopic (exact) mass is 624 g/mol. The van der Waals surface area contributed by atoms with Crippen molar-refractivity contribution in [1.29, 1.82) is 0 Å². The number of aromatic nitrogens is 1. The first kappa shape index (κ1) is 32.3. The fourth-order valence-electron chi connectivity index (χ4n) is 5.95. The summed E-state index contributed by atoms with van der Waals surface area (Å²) in [5.74, 6) is 1.29. The molecule has 1 saturated heterocycles. The van der Waals surface area contributed by atoms with Gasteiger partial charge in [-0.3, -0.25) is 9.59 Å². The van der Waals surface area contributed by atoms with E-state index in [0.29, 0.717) is 67.7 Å². The molecule has 3 aliphatic rings. The summed E-state index contributed by atoms with van der Waals surface area (Å²) in [6, 6.07) is 8.66. The van der Waals surface area contributed by atoms with Gasteiger partial charge in [-0.15, -0.1) is 0 Å². The molecule has 1 aromatic carbocycles. The van der Waals surface area contributed by atoms with E-state index in [-0.39, 0.29) is 47.8 Å². The third-order valence-corrected chi connectivity index (χ3v) is 8.11. The summed E-state index contributed by atoms with van der Waals surface area (Å²) < 4.78 is 28.6. The van der Waals surface area contributed by atoms with Crippen molar-refractivity contribution in [2.45, 2.75) is 77.0 Å². The second-order valence-corrected chi connectivity index (χ2v) is 12.8. The van der Waals surface area contributed by atoms with Gasteiger partial charge < -0.3 is 39.6 Å². The van der Waals surface area contributed by atoms with Crippen LogP contribution in [0.25, 0.3) is 11.3 Å². The number of urea groups is 1. The van der Waals surface area contributed by atoms with E-state index in [1.54, 1.807) is 12.1 Å². The Kier molecular flexibility index (Phi) is 10.3. The minimum Gasteiger partial charge on any atom is -0.486 e. The number of methoxy groups -OCH3 is 1.